The van der Waals surface area contributed by atoms with Gasteiger partial charge in [0.1, 0.15) is 26.4 Å². The molecule has 1 rings (SSSR count). The number of alkyl halides is 1. The van der Waals surface area contributed by atoms with Crippen molar-refractivity contribution in [3.8, 4) is 0 Å². The standard InChI is InChI=1S/C21H35BrF2N2O3SSi/c1-9-29-19(27)17(24)21(8,26-30(28)20(5,6)7)18-16(23)14(13-15(22)25-18)31(10-2,11-3)12-4/h13,17,26H,9-12H2,1-8H3/t17-,21-,30-/m0/s1. The van der Waals surface area contributed by atoms with E-state index in [2.05, 4.69) is 25.6 Å². The van der Waals surface area contributed by atoms with Gasteiger partial charge in [0.25, 0.3) is 0 Å². The van der Waals surface area contributed by atoms with Crippen molar-refractivity contribution in [3.05, 3.63) is 22.2 Å². The van der Waals surface area contributed by atoms with E-state index in [1.807, 2.05) is 20.8 Å². The van der Waals surface area contributed by atoms with Crippen LogP contribution in [0.4, 0.5) is 8.78 Å². The van der Waals surface area contributed by atoms with Crippen molar-refractivity contribution in [3.63, 3.8) is 0 Å². The monoisotopic (exact) mass is 540 g/mol. The Balaban J connectivity index is 3.82. The molecule has 178 valence electrons. The lowest BCUT2D eigenvalue weighted by molar-refractivity contribution is -0.152. The molecule has 0 aliphatic heterocycles. The maximum atomic E-state index is 16.1. The second-order valence-corrected chi connectivity index (χ2v) is 16.8. The van der Waals surface area contributed by atoms with Crippen LogP contribution in [-0.2, 0) is 26.4 Å². The lowest BCUT2D eigenvalue weighted by Crippen LogP contribution is -2.58. The number of pyridine rings is 1. The quantitative estimate of drug-likeness (QED) is 0.198. The van der Waals surface area contributed by atoms with Crippen LogP contribution in [0.2, 0.25) is 18.1 Å². The van der Waals surface area contributed by atoms with Gasteiger partial charge in [-0.1, -0.05) is 38.9 Å². The topological polar surface area (TPSA) is 74.3 Å². The Morgan fingerprint density at radius 3 is 2.19 bits per heavy atom. The van der Waals surface area contributed by atoms with Gasteiger partial charge in [0, 0.05) is 11.4 Å². The van der Waals surface area contributed by atoms with Crippen LogP contribution in [0.15, 0.2) is 10.7 Å². The highest BCUT2D eigenvalue weighted by molar-refractivity contribution is 9.10. The molecule has 0 unspecified atom stereocenters. The first kappa shape index (κ1) is 28.5. The van der Waals surface area contributed by atoms with Crippen molar-refractivity contribution in [2.24, 2.45) is 0 Å². The number of nitrogens with one attached hydrogen (secondary N) is 1. The summed E-state index contributed by atoms with van der Waals surface area (Å²) in [6, 6.07) is 4.09. The fraction of sp³-hybridized carbons (Fsp3) is 0.714. The summed E-state index contributed by atoms with van der Waals surface area (Å²) >= 11 is 1.54. The molecule has 0 saturated heterocycles. The normalized spacial score (nSPS) is 16.5. The van der Waals surface area contributed by atoms with Crippen molar-refractivity contribution in [1.82, 2.24) is 9.71 Å². The van der Waals surface area contributed by atoms with E-state index in [4.69, 9.17) is 4.74 Å². The zero-order chi connectivity index (χ0) is 24.2. The van der Waals surface area contributed by atoms with Crippen LogP contribution >= 0.6 is 15.9 Å². The summed E-state index contributed by atoms with van der Waals surface area (Å²) in [4.78, 5) is 16.6. The van der Waals surface area contributed by atoms with Gasteiger partial charge in [-0.25, -0.2) is 18.6 Å². The second-order valence-electron chi connectivity index (χ2n) is 8.80. The molecule has 0 saturated carbocycles. The highest BCUT2D eigenvalue weighted by Crippen LogP contribution is 2.34. The minimum absolute atomic E-state index is 0.0329. The number of aromatic nitrogens is 1. The summed E-state index contributed by atoms with van der Waals surface area (Å²) in [6.07, 6.45) is -2.32. The molecule has 0 radical (unpaired) electrons. The molecular weight excluding hydrogens is 506 g/mol. The van der Waals surface area contributed by atoms with E-state index in [9.17, 15) is 9.35 Å². The van der Waals surface area contributed by atoms with Crippen molar-refractivity contribution in [2.45, 2.75) is 90.0 Å². The highest BCUT2D eigenvalue weighted by atomic mass is 79.9. The zero-order valence-electron chi connectivity index (χ0n) is 19.7. The SMILES string of the molecule is CCOC(=O)[C@H](F)[C@](C)(N[S@@+]([O-])C(C)(C)C)c1nc(Br)cc([Si](CC)(CC)CC)c1F. The predicted octanol–water partition coefficient (Wildman–Crippen LogP) is 4.87. The summed E-state index contributed by atoms with van der Waals surface area (Å²) in [5.41, 5.74) is -2.27. The van der Waals surface area contributed by atoms with E-state index in [-0.39, 0.29) is 12.3 Å². The van der Waals surface area contributed by atoms with Crippen molar-refractivity contribution >= 4 is 46.5 Å². The second kappa shape index (κ2) is 11.0. The van der Waals surface area contributed by atoms with Gasteiger partial charge in [-0.3, -0.25) is 0 Å². The Morgan fingerprint density at radius 1 is 1.26 bits per heavy atom. The molecule has 0 aromatic carbocycles. The number of hydrogen-bond acceptors (Lipinski definition) is 5. The first-order valence-electron chi connectivity index (χ1n) is 10.6. The number of rotatable bonds is 10. The predicted molar refractivity (Wildman–Crippen MR) is 129 cm³/mol. The Hall–Kier alpha value is -0.553. The number of nitrogens with zero attached hydrogens (tertiary/aromatic N) is 1. The summed E-state index contributed by atoms with van der Waals surface area (Å²) < 4.78 is 51.6. The van der Waals surface area contributed by atoms with Gasteiger partial charge in [-0.15, -0.1) is 4.72 Å². The van der Waals surface area contributed by atoms with Gasteiger partial charge in [0.15, 0.2) is 0 Å². The maximum absolute atomic E-state index is 16.1. The molecule has 5 nitrogen and oxygen atoms in total. The fourth-order valence-corrected chi connectivity index (χ4v) is 8.75. The molecule has 1 aromatic heterocycles. The summed E-state index contributed by atoms with van der Waals surface area (Å²) in [6.45, 7) is 14.1. The Labute approximate surface area is 197 Å². The molecular formula is C21H35BrF2N2O3SSi. The molecule has 0 aliphatic rings. The first-order valence-corrected chi connectivity index (χ1v) is 15.2. The smallest absolute Gasteiger partial charge is 0.343 e. The van der Waals surface area contributed by atoms with E-state index in [1.54, 1.807) is 33.8 Å². The number of carbonyl (C=O) groups excluding carboxylic acids is 1. The van der Waals surface area contributed by atoms with Gasteiger partial charge in [0.05, 0.1) is 14.7 Å². The summed E-state index contributed by atoms with van der Waals surface area (Å²) in [7, 11) is -2.22. The van der Waals surface area contributed by atoms with Crippen LogP contribution in [0.5, 0.6) is 0 Å². The van der Waals surface area contributed by atoms with E-state index in [1.165, 1.54) is 6.92 Å². The Bertz CT molecular complexity index is 769. The van der Waals surface area contributed by atoms with Gasteiger partial charge >= 0.3 is 5.97 Å². The van der Waals surface area contributed by atoms with Crippen LogP contribution in [0.25, 0.3) is 0 Å². The van der Waals surface area contributed by atoms with Gasteiger partial charge in [-0.2, -0.15) is 0 Å². The number of hydrogen-bond donors (Lipinski definition) is 1. The summed E-state index contributed by atoms with van der Waals surface area (Å²) in [5, 5.41) is 0.530. The molecule has 1 heterocycles. The molecule has 0 amide bonds. The largest absolute Gasteiger partial charge is 0.598 e. The van der Waals surface area contributed by atoms with Crippen LogP contribution in [0, 0.1) is 5.82 Å². The molecule has 10 heteroatoms. The first-order chi connectivity index (χ1) is 14.2. The minimum atomic E-state index is -2.32. The molecule has 31 heavy (non-hydrogen) atoms. The van der Waals surface area contributed by atoms with Crippen LogP contribution in [0.1, 0.15) is 61.1 Å². The molecule has 0 aliphatic carbocycles. The molecule has 0 spiro atoms. The van der Waals surface area contributed by atoms with E-state index in [0.29, 0.717) is 9.79 Å². The number of halogens is 3. The fourth-order valence-electron chi connectivity index (χ4n) is 3.57. The Morgan fingerprint density at radius 2 is 1.77 bits per heavy atom. The van der Waals surface area contributed by atoms with Crippen molar-refractivity contribution in [2.75, 3.05) is 6.61 Å². The molecule has 3 atom stereocenters. The maximum Gasteiger partial charge on any atom is 0.343 e. The minimum Gasteiger partial charge on any atom is -0.598 e. The third kappa shape index (κ3) is 6.07. The number of carbonyl (C=O) groups is 1. The molecule has 0 fully saturated rings. The van der Waals surface area contributed by atoms with Crippen LogP contribution in [-0.4, -0.2) is 41.1 Å². The zero-order valence-corrected chi connectivity index (χ0v) is 23.1. The average molecular weight is 542 g/mol. The van der Waals surface area contributed by atoms with E-state index < -0.39 is 47.7 Å². The van der Waals surface area contributed by atoms with Crippen molar-refractivity contribution in [1.29, 1.82) is 0 Å². The van der Waals surface area contributed by atoms with Crippen LogP contribution < -0.4 is 9.91 Å². The van der Waals surface area contributed by atoms with E-state index in [0.717, 1.165) is 18.1 Å². The number of ether oxygens (including phenoxy) is 1. The highest BCUT2D eigenvalue weighted by Gasteiger charge is 2.51. The van der Waals surface area contributed by atoms with Crippen LogP contribution in [0.3, 0.4) is 0 Å². The Kier molecular flexibility index (Phi) is 10.1. The van der Waals surface area contributed by atoms with Gasteiger partial charge in [-0.05, 0) is 61.8 Å². The van der Waals surface area contributed by atoms with Crippen molar-refractivity contribution < 1.29 is 22.9 Å². The molecule has 0 bridgehead atoms. The molecule has 1 N–H and O–H groups in total. The lowest BCUT2D eigenvalue weighted by atomic mass is 9.92. The molecule has 1 aromatic rings. The van der Waals surface area contributed by atoms with Gasteiger partial charge < -0.3 is 9.29 Å². The summed E-state index contributed by atoms with van der Waals surface area (Å²) in [5.74, 6) is -1.80. The van der Waals surface area contributed by atoms with E-state index >= 15 is 8.78 Å². The average Bonchev–Trinajstić information content (AvgIpc) is 2.70. The number of esters is 1. The third-order valence-electron chi connectivity index (χ3n) is 5.88. The van der Waals surface area contributed by atoms with Gasteiger partial charge in [0.2, 0.25) is 6.17 Å². The third-order valence-corrected chi connectivity index (χ3v) is 13.6. The lowest BCUT2D eigenvalue weighted by Gasteiger charge is -2.37.